The first kappa shape index (κ1) is 28.9. The van der Waals surface area contributed by atoms with Crippen molar-refractivity contribution in [1.29, 1.82) is 0 Å². The van der Waals surface area contributed by atoms with Crippen LogP contribution in [0.5, 0.6) is 0 Å². The number of allylic oxidation sites excluding steroid dienone is 1. The first-order valence-electron chi connectivity index (χ1n) is 14.0. The van der Waals surface area contributed by atoms with E-state index in [0.717, 1.165) is 51.4 Å². The van der Waals surface area contributed by atoms with Crippen molar-refractivity contribution < 1.29 is 15.3 Å². The molecule has 0 radical (unpaired) electrons. The zero-order valence-corrected chi connectivity index (χ0v) is 23.0. The van der Waals surface area contributed by atoms with Crippen LogP contribution in [0.3, 0.4) is 0 Å². The van der Waals surface area contributed by atoms with Crippen molar-refractivity contribution in [1.82, 2.24) is 0 Å². The number of rotatable bonds is 5. The molecule has 4 aliphatic rings. The molecule has 0 aromatic heterocycles. The molecule has 0 bridgehead atoms. The quantitative estimate of drug-likeness (QED) is 0.339. The van der Waals surface area contributed by atoms with E-state index >= 15 is 0 Å². The van der Waals surface area contributed by atoms with Gasteiger partial charge in [0, 0.05) is 0 Å². The average molecular weight is 493 g/mol. The molecule has 0 aliphatic heterocycles. The van der Waals surface area contributed by atoms with Gasteiger partial charge in [0.1, 0.15) is 0 Å². The Hall–Kier alpha value is -1.70. The minimum absolute atomic E-state index is 0.172. The molecule has 198 valence electrons. The van der Waals surface area contributed by atoms with Crippen LogP contribution in [0.15, 0.2) is 12.2 Å². The normalized spacial score (nSPS) is 42.3. The van der Waals surface area contributed by atoms with Crippen LogP contribution in [0.4, 0.5) is 0 Å². The Kier molecular flexibility index (Phi) is 9.11. The lowest BCUT2D eigenvalue weighted by Gasteiger charge is -2.62. The molecular formula is C33H48O3. The Morgan fingerprint density at radius 1 is 0.944 bits per heavy atom. The topological polar surface area (TPSA) is 60.7 Å². The monoisotopic (exact) mass is 492 g/mol. The van der Waals surface area contributed by atoms with Gasteiger partial charge in [-0.1, -0.05) is 19.4 Å². The van der Waals surface area contributed by atoms with Crippen molar-refractivity contribution in [2.24, 2.45) is 40.4 Å². The van der Waals surface area contributed by atoms with Gasteiger partial charge in [-0.3, -0.25) is 0 Å². The van der Waals surface area contributed by atoms with E-state index in [1.54, 1.807) is 0 Å². The fourth-order valence-electron chi connectivity index (χ4n) is 9.29. The zero-order chi connectivity index (χ0) is 26.7. The Morgan fingerprint density at radius 3 is 2.17 bits per heavy atom. The zero-order valence-electron chi connectivity index (χ0n) is 23.0. The third kappa shape index (κ3) is 5.58. The fraction of sp³-hybridized carbons (Fsp3) is 0.758. The predicted molar refractivity (Wildman–Crippen MR) is 147 cm³/mol. The number of aliphatic hydroxyl groups is 3. The summed E-state index contributed by atoms with van der Waals surface area (Å²) in [5, 5.41) is 32.9. The van der Waals surface area contributed by atoms with Crippen molar-refractivity contribution in [2.45, 2.75) is 116 Å². The summed E-state index contributed by atoms with van der Waals surface area (Å²) >= 11 is 0. The Balaban J connectivity index is 0.000000538. The van der Waals surface area contributed by atoms with Crippen molar-refractivity contribution >= 4 is 0 Å². The van der Waals surface area contributed by atoms with E-state index in [-0.39, 0.29) is 29.0 Å². The van der Waals surface area contributed by atoms with Crippen LogP contribution >= 0.6 is 0 Å². The summed E-state index contributed by atoms with van der Waals surface area (Å²) in [5.74, 6) is 11.1. The van der Waals surface area contributed by atoms with E-state index < -0.39 is 5.60 Å². The van der Waals surface area contributed by atoms with Crippen LogP contribution < -0.4 is 0 Å². The summed E-state index contributed by atoms with van der Waals surface area (Å²) in [5.41, 5.74) is 0.953. The van der Waals surface area contributed by atoms with Crippen LogP contribution in [0.1, 0.15) is 98.3 Å². The molecule has 0 spiro atoms. The lowest BCUT2D eigenvalue weighted by atomic mass is 9.43. The second kappa shape index (κ2) is 11.4. The number of aliphatic hydroxyl groups excluding tert-OH is 2. The highest BCUT2D eigenvalue weighted by molar-refractivity contribution is 5.31. The lowest BCUT2D eigenvalue weighted by Crippen LogP contribution is -2.59. The van der Waals surface area contributed by atoms with E-state index in [2.05, 4.69) is 58.0 Å². The third-order valence-electron chi connectivity index (χ3n) is 10.9. The van der Waals surface area contributed by atoms with E-state index in [9.17, 15) is 15.3 Å². The molecule has 10 atom stereocenters. The van der Waals surface area contributed by atoms with Crippen LogP contribution in [0, 0.1) is 76.9 Å². The summed E-state index contributed by atoms with van der Waals surface area (Å²) in [6.07, 6.45) is 20.2. The second-order valence-electron chi connectivity index (χ2n) is 13.1. The van der Waals surface area contributed by atoms with Crippen LogP contribution in [0.2, 0.25) is 0 Å². The molecule has 0 aromatic rings. The van der Waals surface area contributed by atoms with E-state index in [0.29, 0.717) is 23.7 Å². The number of terminal acetylenes is 2. The second-order valence-corrected chi connectivity index (χ2v) is 13.1. The third-order valence-corrected chi connectivity index (χ3v) is 10.9. The van der Waals surface area contributed by atoms with Crippen molar-refractivity contribution in [3.05, 3.63) is 12.2 Å². The van der Waals surface area contributed by atoms with Gasteiger partial charge in [-0.25, -0.2) is 0 Å². The minimum Gasteiger partial charge on any atom is -0.393 e. The molecule has 4 aliphatic carbocycles. The standard InChI is InChI=1S/C27H46O3.C6H2/c1-17(2)7-6-12-27(5,30)24-9-8-20-19-16-23(29)22-15-18(28)10-13-25(22,3)21(19)11-14-26(20,24)4;1-3-5-6-4-2/h18-24,28-30H,1,6-16H2,2-5H3;1-2H/t18-,19?,20?,21?,22+,23-,24-,25+,26-,27-;/m0./s1. The summed E-state index contributed by atoms with van der Waals surface area (Å²) in [6.45, 7) is 13.1. The van der Waals surface area contributed by atoms with Crippen LogP contribution in [-0.2, 0) is 0 Å². The molecule has 3 N–H and O–H groups in total. The van der Waals surface area contributed by atoms with Crippen molar-refractivity contribution in [3.63, 3.8) is 0 Å². The smallest absolute Gasteiger partial charge is 0.0653 e. The molecule has 4 fully saturated rings. The molecular weight excluding hydrogens is 444 g/mol. The van der Waals surface area contributed by atoms with E-state index in [1.807, 2.05) is 0 Å². The molecule has 4 rings (SSSR count). The molecule has 4 saturated carbocycles. The maximum atomic E-state index is 11.5. The fourth-order valence-corrected chi connectivity index (χ4v) is 9.29. The SMILES string of the molecule is C#CC#CC#C.C=C(C)CCC[C@](C)(O)[C@H]1CCC2C3C[C@H](O)[C@H]4C[C@@H](O)CC[C@]4(C)C3CC[C@@]21C. The molecule has 0 saturated heterocycles. The Morgan fingerprint density at radius 2 is 1.56 bits per heavy atom. The molecule has 0 aromatic carbocycles. The minimum atomic E-state index is -0.611. The largest absolute Gasteiger partial charge is 0.393 e. The highest BCUT2D eigenvalue weighted by atomic mass is 16.3. The van der Waals surface area contributed by atoms with Crippen LogP contribution in [0.25, 0.3) is 0 Å². The summed E-state index contributed by atoms with van der Waals surface area (Å²) in [7, 11) is 0. The van der Waals surface area contributed by atoms with Crippen molar-refractivity contribution in [3.8, 4) is 36.5 Å². The van der Waals surface area contributed by atoms with Gasteiger partial charge in [0.15, 0.2) is 0 Å². The Labute approximate surface area is 220 Å². The predicted octanol–water partition coefficient (Wildman–Crippen LogP) is 5.73. The Bertz CT molecular complexity index is 921. The number of hydrogen-bond donors (Lipinski definition) is 3. The van der Waals surface area contributed by atoms with Gasteiger partial charge in [0.2, 0.25) is 0 Å². The highest BCUT2D eigenvalue weighted by Gasteiger charge is 2.63. The van der Waals surface area contributed by atoms with Crippen molar-refractivity contribution in [2.75, 3.05) is 0 Å². The van der Waals surface area contributed by atoms with E-state index in [4.69, 9.17) is 12.8 Å². The first-order chi connectivity index (χ1) is 16.9. The molecule has 3 unspecified atom stereocenters. The number of hydrogen-bond acceptors (Lipinski definition) is 3. The molecule has 0 amide bonds. The van der Waals surface area contributed by atoms with E-state index in [1.165, 1.54) is 24.8 Å². The molecule has 3 nitrogen and oxygen atoms in total. The molecule has 36 heavy (non-hydrogen) atoms. The summed E-state index contributed by atoms with van der Waals surface area (Å²) in [6, 6.07) is 0. The van der Waals surface area contributed by atoms with Gasteiger partial charge < -0.3 is 15.3 Å². The van der Waals surface area contributed by atoms with Gasteiger partial charge >= 0.3 is 0 Å². The molecule has 0 heterocycles. The molecule has 3 heteroatoms. The van der Waals surface area contributed by atoms with Gasteiger partial charge in [-0.2, -0.15) is 0 Å². The number of fused-ring (bicyclic) bond motifs is 5. The van der Waals surface area contributed by atoms with Crippen LogP contribution in [-0.4, -0.2) is 33.1 Å². The highest BCUT2D eigenvalue weighted by Crippen LogP contribution is 2.68. The maximum Gasteiger partial charge on any atom is 0.0653 e. The van der Waals surface area contributed by atoms with Gasteiger partial charge in [0.25, 0.3) is 0 Å². The lowest BCUT2D eigenvalue weighted by molar-refractivity contribution is -0.179. The van der Waals surface area contributed by atoms with Gasteiger partial charge in [-0.05, 0) is 149 Å². The van der Waals surface area contributed by atoms with Gasteiger partial charge in [0.05, 0.1) is 17.8 Å². The summed E-state index contributed by atoms with van der Waals surface area (Å²) in [4.78, 5) is 0. The first-order valence-corrected chi connectivity index (χ1v) is 14.0. The van der Waals surface area contributed by atoms with Gasteiger partial charge in [-0.15, -0.1) is 19.4 Å². The summed E-state index contributed by atoms with van der Waals surface area (Å²) < 4.78 is 0. The maximum absolute atomic E-state index is 11.5. The average Bonchev–Trinajstić information content (AvgIpc) is 3.17.